The van der Waals surface area contributed by atoms with Crippen LogP contribution in [0.15, 0.2) is 182 Å². The summed E-state index contributed by atoms with van der Waals surface area (Å²) in [5.41, 5.74) is 0. The molecule has 3 N–H and O–H groups in total. The van der Waals surface area contributed by atoms with E-state index in [1.165, 1.54) is 19.3 Å². The minimum absolute atomic E-state index is 0.00581. The Morgan fingerprint density at radius 2 is 0.491 bits per heavy atom. The van der Waals surface area contributed by atoms with E-state index in [1.54, 1.807) is 0 Å². The molecular formula is C89H144O17P2. The Morgan fingerprint density at radius 1 is 0.269 bits per heavy atom. The number of aliphatic hydroxyl groups excluding tert-OH is 1. The number of allylic oxidation sites excluding steroid dienone is 30. The summed E-state index contributed by atoms with van der Waals surface area (Å²) < 4.78 is 68.6. The molecule has 612 valence electrons. The molecule has 0 radical (unpaired) electrons. The van der Waals surface area contributed by atoms with E-state index in [0.29, 0.717) is 38.5 Å². The van der Waals surface area contributed by atoms with Gasteiger partial charge in [-0.25, -0.2) is 9.13 Å². The molecule has 5 atom stereocenters. The van der Waals surface area contributed by atoms with Crippen molar-refractivity contribution in [3.8, 4) is 0 Å². The van der Waals surface area contributed by atoms with Crippen molar-refractivity contribution >= 4 is 39.5 Å². The molecule has 5 unspecified atom stereocenters. The predicted molar refractivity (Wildman–Crippen MR) is 445 cm³/mol. The number of aliphatic hydroxyl groups is 1. The molecule has 0 saturated carbocycles. The zero-order chi connectivity index (χ0) is 78.9. The van der Waals surface area contributed by atoms with E-state index in [9.17, 15) is 43.2 Å². The summed E-state index contributed by atoms with van der Waals surface area (Å²) in [6.45, 7) is 4.36. The van der Waals surface area contributed by atoms with Gasteiger partial charge in [-0.2, -0.15) is 0 Å². The highest BCUT2D eigenvalue weighted by Gasteiger charge is 2.30. The molecule has 0 bridgehead atoms. The van der Waals surface area contributed by atoms with Crippen molar-refractivity contribution in [3.05, 3.63) is 182 Å². The molecule has 0 aliphatic heterocycles. The Hall–Kier alpha value is -5.84. The van der Waals surface area contributed by atoms with Gasteiger partial charge in [0.25, 0.3) is 0 Å². The maximum Gasteiger partial charge on any atom is 0.472 e. The first-order chi connectivity index (χ1) is 52.7. The third-order valence-corrected chi connectivity index (χ3v) is 18.2. The minimum atomic E-state index is -5.01. The van der Waals surface area contributed by atoms with Crippen molar-refractivity contribution in [1.82, 2.24) is 0 Å². The lowest BCUT2D eigenvalue weighted by Crippen LogP contribution is -2.30. The van der Waals surface area contributed by atoms with Crippen molar-refractivity contribution in [2.75, 3.05) is 39.6 Å². The van der Waals surface area contributed by atoms with E-state index in [2.05, 4.69) is 198 Å². The lowest BCUT2D eigenvalue weighted by atomic mass is 10.1. The van der Waals surface area contributed by atoms with Crippen LogP contribution in [0.3, 0.4) is 0 Å². The molecule has 0 aromatic heterocycles. The number of hydrogen-bond donors (Lipinski definition) is 3. The van der Waals surface area contributed by atoms with Gasteiger partial charge in [-0.1, -0.05) is 281 Å². The van der Waals surface area contributed by atoms with Gasteiger partial charge in [-0.15, -0.1) is 0 Å². The first-order valence-electron chi connectivity index (χ1n) is 41.0. The topological polar surface area (TPSA) is 237 Å². The van der Waals surface area contributed by atoms with Crippen molar-refractivity contribution in [2.45, 2.75) is 316 Å². The molecule has 0 fully saturated rings. The van der Waals surface area contributed by atoms with Gasteiger partial charge in [0.2, 0.25) is 0 Å². The van der Waals surface area contributed by atoms with E-state index in [4.69, 9.17) is 37.0 Å². The molecule has 0 saturated heterocycles. The summed E-state index contributed by atoms with van der Waals surface area (Å²) >= 11 is 0. The fraction of sp³-hybridized carbons (Fsp3) is 0.618. The molecule has 17 nitrogen and oxygen atoms in total. The van der Waals surface area contributed by atoms with Crippen molar-refractivity contribution < 1.29 is 80.2 Å². The molecule has 108 heavy (non-hydrogen) atoms. The maximum atomic E-state index is 13.1. The summed E-state index contributed by atoms with van der Waals surface area (Å²) in [5.74, 6) is -2.33. The van der Waals surface area contributed by atoms with E-state index in [-0.39, 0.29) is 25.7 Å². The number of carbonyl (C=O) groups excluding carboxylic acids is 4. The number of rotatable bonds is 75. The lowest BCUT2D eigenvalue weighted by molar-refractivity contribution is -0.161. The van der Waals surface area contributed by atoms with Crippen LogP contribution in [0.4, 0.5) is 0 Å². The highest BCUT2D eigenvalue weighted by molar-refractivity contribution is 7.47. The van der Waals surface area contributed by atoms with Gasteiger partial charge >= 0.3 is 39.5 Å². The van der Waals surface area contributed by atoms with Crippen LogP contribution in [0.25, 0.3) is 0 Å². The van der Waals surface area contributed by atoms with Crippen LogP contribution in [-0.2, 0) is 65.4 Å². The average molecular weight is 1550 g/mol. The van der Waals surface area contributed by atoms with Gasteiger partial charge in [0.05, 0.1) is 26.4 Å². The molecule has 0 rings (SSSR count). The molecule has 0 aliphatic rings. The van der Waals surface area contributed by atoms with E-state index < -0.39 is 97.5 Å². The zero-order valence-corrected chi connectivity index (χ0v) is 68.7. The van der Waals surface area contributed by atoms with Crippen LogP contribution in [0.1, 0.15) is 297 Å². The second-order valence-corrected chi connectivity index (χ2v) is 29.5. The molecular weight excluding hydrogens is 1400 g/mol. The van der Waals surface area contributed by atoms with Gasteiger partial charge < -0.3 is 33.8 Å². The third-order valence-electron chi connectivity index (χ3n) is 16.3. The van der Waals surface area contributed by atoms with Gasteiger partial charge in [0.1, 0.15) is 19.3 Å². The SMILES string of the molecule is CC/C=C\C/C=C\C/C=C\C/C=C\C/C=C\CCCC(=O)OC(COC(=O)CCCCCCCC/C=C\C/C=C\C/C=C\CCCCC)COP(=O)(O)OCC(O)COP(=O)(O)OCC(COC(=O)CCCCCCCCC/C=C\C/C=C\C/C=C\CC)OC(=O)CCCC/C=C\C/C=C\C/C=C\C/C=C\CC. The normalized spacial score (nSPS) is 14.8. The molecule has 0 spiro atoms. The smallest absolute Gasteiger partial charge is 0.462 e. The standard InChI is InChI=1S/C89H144O17P2/c1-5-9-13-17-21-25-29-33-37-40-41-44-47-50-54-58-62-66-70-74-87(92)100-80-85(106-89(94)76-72-68-64-60-56-52-48-43-39-35-31-27-23-19-15-11-7-3)82-104-108(97,98)102-78-83(90)77-101-107(95,96)103-81-84(105-88(93)75-71-67-63-59-55-51-45-36-32-28-24-20-16-12-8-4)79-99-86(91)73-69-65-61-57-53-49-46-42-38-34-30-26-22-18-14-10-6-2/h10-12,14-16,21-28,33-39,41,44-45,48,52,55,59-60,64,83-85,90H,5-9,13,17-20,29-32,40,42-43,46-47,49-51,53-54,56-58,61-63,65-82H2,1-4H3,(H,95,96)(H,97,98)/b14-10-,15-11-,16-12-,25-21-,26-22-,27-23-,28-24-,37-33-,38-34-,39-35-,44-41-,45-36-,52-48-,59-55-,64-60-. The number of phosphoric acid groups is 2. The van der Waals surface area contributed by atoms with Crippen LogP contribution in [0, 0.1) is 0 Å². The molecule has 19 heteroatoms. The molecule has 0 aromatic carbocycles. The second-order valence-electron chi connectivity index (χ2n) is 26.6. The fourth-order valence-electron chi connectivity index (χ4n) is 10.2. The minimum Gasteiger partial charge on any atom is -0.462 e. The van der Waals surface area contributed by atoms with Crippen molar-refractivity contribution in [3.63, 3.8) is 0 Å². The maximum absolute atomic E-state index is 13.1. The summed E-state index contributed by atoms with van der Waals surface area (Å²) in [6.07, 6.45) is 95.9. The summed E-state index contributed by atoms with van der Waals surface area (Å²) in [6, 6.07) is 0. The predicted octanol–water partition coefficient (Wildman–Crippen LogP) is 24.3. The quantitative estimate of drug-likeness (QED) is 0.0169. The highest BCUT2D eigenvalue weighted by atomic mass is 31.2. The largest absolute Gasteiger partial charge is 0.472 e. The van der Waals surface area contributed by atoms with Crippen LogP contribution in [0.2, 0.25) is 0 Å². The first-order valence-corrected chi connectivity index (χ1v) is 44.0. The Balaban J connectivity index is 5.49. The number of esters is 4. The Labute approximate surface area is 654 Å². The van der Waals surface area contributed by atoms with E-state index in [1.807, 2.05) is 12.2 Å². The van der Waals surface area contributed by atoms with Gasteiger partial charge in [-0.05, 0) is 173 Å². The summed E-state index contributed by atoms with van der Waals surface area (Å²) in [4.78, 5) is 73.1. The average Bonchev–Trinajstić information content (AvgIpc) is 0.900. The highest BCUT2D eigenvalue weighted by Crippen LogP contribution is 2.45. The van der Waals surface area contributed by atoms with E-state index >= 15 is 0 Å². The van der Waals surface area contributed by atoms with Crippen molar-refractivity contribution in [2.24, 2.45) is 0 Å². The number of hydrogen-bond acceptors (Lipinski definition) is 15. The fourth-order valence-corrected chi connectivity index (χ4v) is 11.8. The molecule has 0 aromatic rings. The monoisotopic (exact) mass is 1550 g/mol. The Kier molecular flexibility index (Phi) is 75.0. The first kappa shape index (κ1) is 102. The molecule has 0 heterocycles. The van der Waals surface area contributed by atoms with Crippen LogP contribution in [0.5, 0.6) is 0 Å². The van der Waals surface area contributed by atoms with Gasteiger partial charge in [0, 0.05) is 25.7 Å². The lowest BCUT2D eigenvalue weighted by Gasteiger charge is -2.21. The molecule has 0 aliphatic carbocycles. The Bertz CT molecular complexity index is 2760. The second kappa shape index (κ2) is 79.3. The van der Waals surface area contributed by atoms with Crippen LogP contribution >= 0.6 is 15.6 Å². The summed E-state index contributed by atoms with van der Waals surface area (Å²) in [7, 11) is -10.0. The number of carbonyl (C=O) groups is 4. The Morgan fingerprint density at radius 3 is 0.796 bits per heavy atom. The van der Waals surface area contributed by atoms with E-state index in [0.717, 1.165) is 186 Å². The van der Waals surface area contributed by atoms with Gasteiger partial charge in [0.15, 0.2) is 12.2 Å². The zero-order valence-electron chi connectivity index (χ0n) is 66.9. The number of unbranched alkanes of at least 4 members (excludes halogenated alkanes) is 19. The van der Waals surface area contributed by atoms with Gasteiger partial charge in [-0.3, -0.25) is 37.3 Å². The third kappa shape index (κ3) is 78.3. The summed E-state index contributed by atoms with van der Waals surface area (Å²) in [5, 5.41) is 10.7. The van der Waals surface area contributed by atoms with Crippen molar-refractivity contribution in [1.29, 1.82) is 0 Å². The van der Waals surface area contributed by atoms with Crippen LogP contribution < -0.4 is 0 Å². The number of ether oxygens (including phenoxy) is 4. The molecule has 0 amide bonds. The number of phosphoric ester groups is 2. The van der Waals surface area contributed by atoms with Crippen LogP contribution in [-0.4, -0.2) is 96.7 Å².